The number of morpholine rings is 1. The van der Waals surface area contributed by atoms with Gasteiger partial charge in [-0.05, 0) is 18.4 Å². The molecule has 100 valence electrons. The van der Waals surface area contributed by atoms with Gasteiger partial charge in [-0.1, -0.05) is 30.3 Å². The molecule has 2 aliphatic rings. The van der Waals surface area contributed by atoms with Crippen LogP contribution in [0.25, 0.3) is 0 Å². The van der Waals surface area contributed by atoms with Crippen LogP contribution in [0.5, 0.6) is 0 Å². The Kier molecular flexibility index (Phi) is 3.08. The Morgan fingerprint density at radius 1 is 1.16 bits per heavy atom. The number of ether oxygens (including phenoxy) is 1. The topological polar surface area (TPSA) is 72.6 Å². The monoisotopic (exact) mass is 260 g/mol. The molecule has 2 N–H and O–H groups in total. The fraction of sp³-hybridized carbons (Fsp3) is 0.429. The highest BCUT2D eigenvalue weighted by Crippen LogP contribution is 2.33. The lowest BCUT2D eigenvalue weighted by Crippen LogP contribution is -2.54. The molecule has 0 aliphatic carbocycles. The minimum Gasteiger partial charge on any atom is -0.355 e. The van der Waals surface area contributed by atoms with Gasteiger partial charge in [0.15, 0.2) is 0 Å². The number of hydrogen-bond donors (Lipinski definition) is 1. The molecule has 2 saturated heterocycles. The molecule has 1 aromatic rings. The first-order chi connectivity index (χ1) is 9.22. The summed E-state index contributed by atoms with van der Waals surface area (Å²) in [5.74, 6) is -0.504. The van der Waals surface area contributed by atoms with Crippen LogP contribution in [-0.4, -0.2) is 35.5 Å². The van der Waals surface area contributed by atoms with Gasteiger partial charge in [0.2, 0.25) is 0 Å². The van der Waals surface area contributed by atoms with Crippen LogP contribution in [0.1, 0.15) is 24.4 Å². The third-order valence-electron chi connectivity index (χ3n) is 3.76. The molecule has 2 amide bonds. The van der Waals surface area contributed by atoms with E-state index in [0.29, 0.717) is 12.8 Å². The summed E-state index contributed by atoms with van der Waals surface area (Å²) in [6, 6.07) is 9.02. The summed E-state index contributed by atoms with van der Waals surface area (Å²) < 4.78 is 5.40. The van der Waals surface area contributed by atoms with Crippen LogP contribution in [0.15, 0.2) is 30.3 Å². The second kappa shape index (κ2) is 4.75. The highest BCUT2D eigenvalue weighted by atomic mass is 16.5. The number of hydrogen-bond acceptors (Lipinski definition) is 4. The molecule has 19 heavy (non-hydrogen) atoms. The highest BCUT2D eigenvalue weighted by molar-refractivity contribution is 6.02. The summed E-state index contributed by atoms with van der Waals surface area (Å²) in [5.41, 5.74) is 6.67. The smallest absolute Gasteiger partial charge is 0.259 e. The van der Waals surface area contributed by atoms with Crippen molar-refractivity contribution in [1.82, 2.24) is 4.90 Å². The number of carbonyl (C=O) groups is 2. The third kappa shape index (κ3) is 1.95. The molecule has 1 aromatic carbocycles. The van der Waals surface area contributed by atoms with Crippen molar-refractivity contribution in [3.8, 4) is 0 Å². The van der Waals surface area contributed by atoms with Crippen molar-refractivity contribution in [2.75, 3.05) is 6.54 Å². The number of benzene rings is 1. The van der Waals surface area contributed by atoms with E-state index in [1.165, 1.54) is 4.90 Å². The first-order valence-electron chi connectivity index (χ1n) is 6.49. The largest absolute Gasteiger partial charge is 0.355 e. The van der Waals surface area contributed by atoms with Crippen molar-refractivity contribution in [2.24, 2.45) is 5.73 Å². The van der Waals surface area contributed by atoms with E-state index in [-0.39, 0.29) is 18.4 Å². The normalized spacial score (nSPS) is 27.7. The van der Waals surface area contributed by atoms with Gasteiger partial charge >= 0.3 is 0 Å². The zero-order chi connectivity index (χ0) is 13.4. The molecular weight excluding hydrogens is 244 g/mol. The van der Waals surface area contributed by atoms with Crippen LogP contribution in [0.4, 0.5) is 0 Å². The summed E-state index contributed by atoms with van der Waals surface area (Å²) in [5, 5.41) is 0. The zero-order valence-corrected chi connectivity index (χ0v) is 10.5. The van der Waals surface area contributed by atoms with Crippen molar-refractivity contribution >= 4 is 11.8 Å². The maximum atomic E-state index is 12.3. The second-order valence-corrected chi connectivity index (χ2v) is 4.90. The summed E-state index contributed by atoms with van der Waals surface area (Å²) in [4.78, 5) is 25.9. The molecule has 5 nitrogen and oxygen atoms in total. The highest BCUT2D eigenvalue weighted by Gasteiger charge is 2.48. The number of imide groups is 1. The van der Waals surface area contributed by atoms with Gasteiger partial charge in [-0.15, -0.1) is 0 Å². The Labute approximate surface area is 111 Å². The first-order valence-corrected chi connectivity index (χ1v) is 6.49. The molecular formula is C14H16N2O3. The van der Waals surface area contributed by atoms with Crippen LogP contribution in [-0.2, 0) is 14.3 Å². The third-order valence-corrected chi connectivity index (χ3v) is 3.76. The molecule has 2 aliphatic heterocycles. The van der Waals surface area contributed by atoms with Crippen LogP contribution >= 0.6 is 0 Å². The van der Waals surface area contributed by atoms with Crippen molar-refractivity contribution < 1.29 is 14.3 Å². The lowest BCUT2D eigenvalue weighted by Gasteiger charge is -2.35. The molecule has 0 radical (unpaired) electrons. The van der Waals surface area contributed by atoms with Gasteiger partial charge in [0.05, 0.1) is 6.04 Å². The number of nitrogens with two attached hydrogens (primary N) is 1. The lowest BCUT2D eigenvalue weighted by atomic mass is 10.0. The number of rotatable bonds is 3. The van der Waals surface area contributed by atoms with E-state index in [2.05, 4.69) is 0 Å². The minimum atomic E-state index is -0.472. The van der Waals surface area contributed by atoms with E-state index >= 15 is 0 Å². The minimum absolute atomic E-state index is 0.223. The molecule has 2 bridgehead atoms. The Bertz CT molecular complexity index is 481. The van der Waals surface area contributed by atoms with Crippen LogP contribution in [0.3, 0.4) is 0 Å². The van der Waals surface area contributed by atoms with Crippen molar-refractivity contribution in [3.63, 3.8) is 0 Å². The summed E-state index contributed by atoms with van der Waals surface area (Å²) in [7, 11) is 0. The summed E-state index contributed by atoms with van der Waals surface area (Å²) in [6.07, 6.45) is 0.302. The van der Waals surface area contributed by atoms with E-state index in [0.717, 1.165) is 5.56 Å². The van der Waals surface area contributed by atoms with E-state index in [9.17, 15) is 9.59 Å². The predicted molar refractivity (Wildman–Crippen MR) is 68.0 cm³/mol. The quantitative estimate of drug-likeness (QED) is 0.808. The van der Waals surface area contributed by atoms with Crippen molar-refractivity contribution in [3.05, 3.63) is 35.9 Å². The van der Waals surface area contributed by atoms with Crippen LogP contribution < -0.4 is 5.73 Å². The molecule has 0 saturated carbocycles. The maximum absolute atomic E-state index is 12.3. The fourth-order valence-corrected chi connectivity index (χ4v) is 2.79. The van der Waals surface area contributed by atoms with Crippen LogP contribution in [0.2, 0.25) is 0 Å². The summed E-state index contributed by atoms with van der Waals surface area (Å²) in [6.45, 7) is 0.223. The van der Waals surface area contributed by atoms with Gasteiger partial charge < -0.3 is 10.5 Å². The number of carbonyl (C=O) groups excluding carboxylic acids is 2. The van der Waals surface area contributed by atoms with Gasteiger partial charge in [-0.3, -0.25) is 14.5 Å². The van der Waals surface area contributed by atoms with E-state index in [1.807, 2.05) is 30.3 Å². The maximum Gasteiger partial charge on any atom is 0.259 e. The Morgan fingerprint density at radius 3 is 2.26 bits per heavy atom. The molecule has 0 aromatic heterocycles. The van der Waals surface area contributed by atoms with E-state index < -0.39 is 18.2 Å². The van der Waals surface area contributed by atoms with Gasteiger partial charge in [0.1, 0.15) is 12.2 Å². The Morgan fingerprint density at radius 2 is 1.74 bits per heavy atom. The SMILES string of the molecule is NCC(c1ccccc1)N1C(=O)C2CCC(O2)C1=O. The van der Waals surface area contributed by atoms with Gasteiger partial charge in [0, 0.05) is 6.54 Å². The van der Waals surface area contributed by atoms with Crippen LogP contribution in [0, 0.1) is 0 Å². The van der Waals surface area contributed by atoms with Gasteiger partial charge in [0.25, 0.3) is 11.8 Å². The molecule has 3 rings (SSSR count). The van der Waals surface area contributed by atoms with Gasteiger partial charge in [-0.2, -0.15) is 0 Å². The average molecular weight is 260 g/mol. The average Bonchev–Trinajstić information content (AvgIpc) is 2.89. The molecule has 0 spiro atoms. The molecule has 3 atom stereocenters. The first kappa shape index (κ1) is 12.3. The standard InChI is InChI=1S/C14H16N2O3/c15-8-10(9-4-2-1-3-5-9)16-13(17)11-6-7-12(19-11)14(16)18/h1-5,10-12H,6-8,15H2. The Balaban J connectivity index is 1.95. The number of nitrogens with zero attached hydrogens (tertiary/aromatic N) is 1. The lowest BCUT2D eigenvalue weighted by molar-refractivity contribution is -0.171. The van der Waals surface area contributed by atoms with E-state index in [4.69, 9.17) is 10.5 Å². The van der Waals surface area contributed by atoms with Crippen molar-refractivity contribution in [2.45, 2.75) is 31.1 Å². The number of amides is 2. The van der Waals surface area contributed by atoms with Crippen molar-refractivity contribution in [1.29, 1.82) is 0 Å². The van der Waals surface area contributed by atoms with E-state index in [1.54, 1.807) is 0 Å². The second-order valence-electron chi connectivity index (χ2n) is 4.90. The number of likely N-dealkylation sites (tertiary alicyclic amines) is 1. The summed E-state index contributed by atoms with van der Waals surface area (Å²) >= 11 is 0. The molecule has 2 fully saturated rings. The molecule has 3 unspecified atom stereocenters. The number of fused-ring (bicyclic) bond motifs is 2. The van der Waals surface area contributed by atoms with Gasteiger partial charge in [-0.25, -0.2) is 0 Å². The molecule has 5 heteroatoms. The predicted octanol–water partition coefficient (Wildman–Crippen LogP) is 0.603. The fourth-order valence-electron chi connectivity index (χ4n) is 2.79. The Hall–Kier alpha value is -1.72. The molecule has 2 heterocycles. The zero-order valence-electron chi connectivity index (χ0n) is 10.5.